The Bertz CT molecular complexity index is 610. The van der Waals surface area contributed by atoms with Crippen molar-refractivity contribution in [3.05, 3.63) is 52.8 Å². The molecule has 1 aromatic heterocycles. The summed E-state index contributed by atoms with van der Waals surface area (Å²) < 4.78 is 5.81. The van der Waals surface area contributed by atoms with E-state index in [1.807, 2.05) is 6.20 Å². The van der Waals surface area contributed by atoms with Crippen LogP contribution in [-0.2, 0) is 11.3 Å². The number of fused-ring (bicyclic) bond motifs is 1. The van der Waals surface area contributed by atoms with Crippen LogP contribution in [0.25, 0.3) is 0 Å². The van der Waals surface area contributed by atoms with Gasteiger partial charge in [0.2, 0.25) is 0 Å². The predicted octanol–water partition coefficient (Wildman–Crippen LogP) is 3.44. The summed E-state index contributed by atoms with van der Waals surface area (Å²) >= 11 is 1.72. The number of rotatable bonds is 2. The van der Waals surface area contributed by atoms with Crippen LogP contribution in [0.1, 0.15) is 28.5 Å². The van der Waals surface area contributed by atoms with Gasteiger partial charge in [-0.15, -0.1) is 11.8 Å². The highest BCUT2D eigenvalue weighted by Gasteiger charge is 2.28. The molecule has 2 aromatic rings. The molecule has 1 aromatic carbocycles. The van der Waals surface area contributed by atoms with E-state index in [-0.39, 0.29) is 11.9 Å². The quantitative estimate of drug-likeness (QED) is 0.851. The number of hydrogen-bond acceptors (Lipinski definition) is 4. The summed E-state index contributed by atoms with van der Waals surface area (Å²) in [5.41, 5.74) is 3.59. The zero-order chi connectivity index (χ0) is 13.4. The third kappa shape index (κ3) is 2.11. The zero-order valence-corrected chi connectivity index (χ0v) is 11.7. The van der Waals surface area contributed by atoms with Crippen LogP contribution in [0.2, 0.25) is 0 Å². The largest absolute Gasteiger partial charge is 0.506 e. The van der Waals surface area contributed by atoms with Crippen LogP contribution in [0, 0.1) is 6.92 Å². The van der Waals surface area contributed by atoms with E-state index in [4.69, 9.17) is 4.74 Å². The lowest BCUT2D eigenvalue weighted by Crippen LogP contribution is -1.99. The molecule has 1 aliphatic rings. The van der Waals surface area contributed by atoms with Gasteiger partial charge in [-0.2, -0.15) is 0 Å². The van der Waals surface area contributed by atoms with Gasteiger partial charge in [0.1, 0.15) is 11.9 Å². The highest BCUT2D eigenvalue weighted by Crippen LogP contribution is 2.40. The summed E-state index contributed by atoms with van der Waals surface area (Å²) in [5.74, 6) is 0.265. The number of thioether (sulfide) groups is 1. The van der Waals surface area contributed by atoms with Crippen molar-refractivity contribution in [2.45, 2.75) is 24.5 Å². The fourth-order valence-electron chi connectivity index (χ4n) is 2.35. The number of aryl methyl sites for hydroxylation is 1. The average Bonchev–Trinajstić information content (AvgIpc) is 2.87. The van der Waals surface area contributed by atoms with Gasteiger partial charge in [0.25, 0.3) is 0 Å². The first kappa shape index (κ1) is 12.5. The Morgan fingerprint density at radius 2 is 2.05 bits per heavy atom. The van der Waals surface area contributed by atoms with Gasteiger partial charge >= 0.3 is 0 Å². The Morgan fingerprint density at radius 3 is 2.74 bits per heavy atom. The van der Waals surface area contributed by atoms with Gasteiger partial charge in [0, 0.05) is 22.2 Å². The third-order valence-electron chi connectivity index (χ3n) is 3.47. The van der Waals surface area contributed by atoms with Crippen molar-refractivity contribution in [2.75, 3.05) is 6.26 Å². The average molecular weight is 273 g/mol. The molecule has 4 heteroatoms. The number of hydrogen-bond donors (Lipinski definition) is 1. The molecular weight excluding hydrogens is 258 g/mol. The molecule has 0 saturated heterocycles. The van der Waals surface area contributed by atoms with Crippen LogP contribution in [0.5, 0.6) is 5.75 Å². The SMILES string of the molecule is CSc1ccc(C2OCc3c2cnc(C)c3O)cc1. The third-order valence-corrected chi connectivity index (χ3v) is 4.21. The van der Waals surface area contributed by atoms with Gasteiger partial charge in [0.15, 0.2) is 0 Å². The molecule has 1 atom stereocenters. The summed E-state index contributed by atoms with van der Waals surface area (Å²) in [6.07, 6.45) is 3.75. The van der Waals surface area contributed by atoms with Crippen molar-refractivity contribution in [3.63, 3.8) is 0 Å². The molecule has 3 rings (SSSR count). The Balaban J connectivity index is 1.99. The maximum Gasteiger partial charge on any atom is 0.142 e. The molecule has 1 N–H and O–H groups in total. The molecule has 0 aliphatic carbocycles. The van der Waals surface area contributed by atoms with Gasteiger partial charge < -0.3 is 9.84 Å². The molecule has 0 fully saturated rings. The maximum atomic E-state index is 10.0. The second-order valence-electron chi connectivity index (χ2n) is 4.59. The van der Waals surface area contributed by atoms with Crippen molar-refractivity contribution in [1.82, 2.24) is 4.98 Å². The van der Waals surface area contributed by atoms with Crippen LogP contribution in [0.4, 0.5) is 0 Å². The minimum Gasteiger partial charge on any atom is -0.506 e. The van der Waals surface area contributed by atoms with Gasteiger partial charge in [0.05, 0.1) is 12.3 Å². The first-order chi connectivity index (χ1) is 9.20. The van der Waals surface area contributed by atoms with E-state index >= 15 is 0 Å². The number of benzene rings is 1. The van der Waals surface area contributed by atoms with E-state index in [1.54, 1.807) is 18.7 Å². The second-order valence-corrected chi connectivity index (χ2v) is 5.47. The molecule has 0 saturated carbocycles. The van der Waals surface area contributed by atoms with E-state index in [0.717, 1.165) is 16.7 Å². The first-order valence-electron chi connectivity index (χ1n) is 6.13. The number of aromatic nitrogens is 1. The van der Waals surface area contributed by atoms with Gasteiger partial charge in [-0.05, 0) is 30.9 Å². The lowest BCUT2D eigenvalue weighted by Gasteiger charge is -2.12. The van der Waals surface area contributed by atoms with Crippen molar-refractivity contribution >= 4 is 11.8 Å². The monoisotopic (exact) mass is 273 g/mol. The van der Waals surface area contributed by atoms with Crippen LogP contribution < -0.4 is 0 Å². The van der Waals surface area contributed by atoms with Gasteiger partial charge in [-0.3, -0.25) is 4.98 Å². The molecular formula is C15H15NO2S. The standard InChI is InChI=1S/C15H15NO2S/c1-9-14(17)13-8-18-15(12(13)7-16-9)10-3-5-11(19-2)6-4-10/h3-7,15,17H,8H2,1-2H3. The minimum absolute atomic E-state index is 0.120. The Hall–Kier alpha value is -1.52. The van der Waals surface area contributed by atoms with Crippen LogP contribution in [-0.4, -0.2) is 16.3 Å². The molecule has 0 radical (unpaired) electrons. The number of pyridine rings is 1. The van der Waals surface area contributed by atoms with Gasteiger partial charge in [-0.1, -0.05) is 12.1 Å². The van der Waals surface area contributed by atoms with E-state index in [1.165, 1.54) is 4.90 Å². The Labute approximate surface area is 116 Å². The molecule has 0 bridgehead atoms. The van der Waals surface area contributed by atoms with E-state index < -0.39 is 0 Å². The van der Waals surface area contributed by atoms with E-state index in [0.29, 0.717) is 12.3 Å². The molecule has 0 amide bonds. The highest BCUT2D eigenvalue weighted by atomic mass is 32.2. The smallest absolute Gasteiger partial charge is 0.142 e. The first-order valence-corrected chi connectivity index (χ1v) is 7.36. The maximum absolute atomic E-state index is 10.0. The van der Waals surface area contributed by atoms with E-state index in [2.05, 4.69) is 35.5 Å². The van der Waals surface area contributed by atoms with Crippen LogP contribution in [0.3, 0.4) is 0 Å². The summed E-state index contributed by atoms with van der Waals surface area (Å²) in [6.45, 7) is 2.25. The molecule has 2 heterocycles. The summed E-state index contributed by atoms with van der Waals surface area (Å²) in [5, 5.41) is 10.0. The Morgan fingerprint density at radius 1 is 1.32 bits per heavy atom. The van der Waals surface area contributed by atoms with Crippen molar-refractivity contribution in [2.24, 2.45) is 0 Å². The highest BCUT2D eigenvalue weighted by molar-refractivity contribution is 7.98. The lowest BCUT2D eigenvalue weighted by molar-refractivity contribution is 0.0932. The van der Waals surface area contributed by atoms with Crippen LogP contribution >= 0.6 is 11.8 Å². The topological polar surface area (TPSA) is 42.4 Å². The summed E-state index contributed by atoms with van der Waals surface area (Å²) in [7, 11) is 0. The summed E-state index contributed by atoms with van der Waals surface area (Å²) in [4.78, 5) is 5.45. The van der Waals surface area contributed by atoms with Gasteiger partial charge in [-0.25, -0.2) is 0 Å². The fourth-order valence-corrected chi connectivity index (χ4v) is 2.76. The lowest BCUT2D eigenvalue weighted by atomic mass is 10.0. The number of aromatic hydroxyl groups is 1. The Kier molecular flexibility index (Phi) is 3.21. The molecule has 3 nitrogen and oxygen atoms in total. The number of nitrogens with zero attached hydrogens (tertiary/aromatic N) is 1. The van der Waals surface area contributed by atoms with Crippen molar-refractivity contribution in [1.29, 1.82) is 0 Å². The summed E-state index contributed by atoms with van der Waals surface area (Å²) in [6, 6.07) is 8.32. The van der Waals surface area contributed by atoms with E-state index in [9.17, 15) is 5.11 Å². The van der Waals surface area contributed by atoms with Crippen molar-refractivity contribution in [3.8, 4) is 5.75 Å². The fraction of sp³-hybridized carbons (Fsp3) is 0.267. The molecule has 0 spiro atoms. The van der Waals surface area contributed by atoms with Crippen LogP contribution in [0.15, 0.2) is 35.4 Å². The number of ether oxygens (including phenoxy) is 1. The molecule has 98 valence electrons. The molecule has 1 aliphatic heterocycles. The van der Waals surface area contributed by atoms with Crippen molar-refractivity contribution < 1.29 is 9.84 Å². The zero-order valence-electron chi connectivity index (χ0n) is 10.9. The molecule has 1 unspecified atom stereocenters. The minimum atomic E-state index is -0.120. The normalized spacial score (nSPS) is 17.5. The second kappa shape index (κ2) is 4.87. The molecule has 19 heavy (non-hydrogen) atoms. The predicted molar refractivity (Wildman–Crippen MR) is 75.5 cm³/mol.